The Balaban J connectivity index is 1.51. The third kappa shape index (κ3) is 11.3. The summed E-state index contributed by atoms with van der Waals surface area (Å²) in [6.45, 7) is 8.79. The number of ether oxygens (including phenoxy) is 1. The Morgan fingerprint density at radius 2 is 1.78 bits per heavy atom. The summed E-state index contributed by atoms with van der Waals surface area (Å²) in [5.74, 6) is -2.51. The van der Waals surface area contributed by atoms with Crippen LogP contribution in [-0.2, 0) is 30.3 Å². The third-order valence-corrected chi connectivity index (χ3v) is 7.52. The van der Waals surface area contributed by atoms with Crippen LogP contribution in [0.3, 0.4) is 0 Å². The summed E-state index contributed by atoms with van der Waals surface area (Å²) in [5, 5.41) is 16.3. The first-order chi connectivity index (χ1) is 21.1. The Hall–Kier alpha value is -3.15. The van der Waals surface area contributed by atoms with Crippen molar-refractivity contribution in [3.05, 3.63) is 71.9 Å². The highest BCUT2D eigenvalue weighted by Gasteiger charge is 2.33. The molecular weight excluding hydrogens is 643 g/mol. The molecule has 1 heterocycles. The number of benzene rings is 2. The summed E-state index contributed by atoms with van der Waals surface area (Å²) >= 11 is 16.9. The summed E-state index contributed by atoms with van der Waals surface area (Å²) < 4.78 is 3.24. The van der Waals surface area contributed by atoms with Crippen LogP contribution < -0.4 is 16.1 Å². The molecule has 13 heteroatoms. The molecule has 0 saturated carbocycles. The first kappa shape index (κ1) is 36.3. The van der Waals surface area contributed by atoms with Gasteiger partial charge in [-0.1, -0.05) is 97.7 Å². The predicted octanol–water partition coefficient (Wildman–Crippen LogP) is 4.52. The van der Waals surface area contributed by atoms with Crippen LogP contribution in [-0.4, -0.2) is 62.8 Å². The number of nitrogens with one attached hydrogen (secondary N) is 3. The lowest BCUT2D eigenvalue weighted by Gasteiger charge is -2.33. The van der Waals surface area contributed by atoms with Gasteiger partial charge >= 0.3 is 5.97 Å². The van der Waals surface area contributed by atoms with Crippen molar-refractivity contribution in [1.29, 1.82) is 0 Å². The second kappa shape index (κ2) is 16.4. The maximum Gasteiger partial charge on any atom is 0.325 e. The monoisotopic (exact) mass is 680 g/mol. The highest BCUT2D eigenvalue weighted by molar-refractivity contribution is 6.67. The normalized spacial score (nSPS) is 16.4. The van der Waals surface area contributed by atoms with E-state index in [1.807, 2.05) is 48.5 Å². The topological polar surface area (TPSA) is 137 Å². The average molecular weight is 682 g/mol. The summed E-state index contributed by atoms with van der Waals surface area (Å²) in [5.41, 5.74) is 6.31. The number of amides is 3. The van der Waals surface area contributed by atoms with Crippen LogP contribution in [0.25, 0.3) is 11.1 Å². The fraction of sp³-hybridized carbons (Fsp3) is 0.438. The van der Waals surface area contributed by atoms with Gasteiger partial charge in [0.15, 0.2) is 0 Å². The van der Waals surface area contributed by atoms with Gasteiger partial charge in [-0.25, -0.2) is 5.43 Å². The van der Waals surface area contributed by atoms with Crippen LogP contribution in [0.1, 0.15) is 57.3 Å². The maximum absolute atomic E-state index is 13.1. The van der Waals surface area contributed by atoms with E-state index in [9.17, 15) is 24.3 Å². The molecule has 244 valence electrons. The second-order valence-corrected chi connectivity index (χ2v) is 13.8. The van der Waals surface area contributed by atoms with Crippen LogP contribution >= 0.6 is 34.8 Å². The zero-order valence-electron chi connectivity index (χ0n) is 25.4. The smallest absolute Gasteiger partial charge is 0.325 e. The van der Waals surface area contributed by atoms with Crippen LogP contribution in [0.2, 0.25) is 0 Å². The quantitative estimate of drug-likeness (QED) is 0.147. The summed E-state index contributed by atoms with van der Waals surface area (Å²) in [6, 6.07) is 13.8. The van der Waals surface area contributed by atoms with Gasteiger partial charge in [-0.15, -0.1) is 0 Å². The van der Waals surface area contributed by atoms with E-state index in [4.69, 9.17) is 39.5 Å². The first-order valence-corrected chi connectivity index (χ1v) is 15.8. The minimum Gasteiger partial charge on any atom is -0.460 e. The molecule has 2 aromatic rings. The Kier molecular flexibility index (Phi) is 13.3. The number of hydrogen-bond acceptors (Lipinski definition) is 7. The van der Waals surface area contributed by atoms with Crippen molar-refractivity contribution in [3.63, 3.8) is 0 Å². The Bertz CT molecular complexity index is 1380. The number of nitrogens with zero attached hydrogens (tertiary/aromatic N) is 1. The van der Waals surface area contributed by atoms with Crippen molar-refractivity contribution >= 4 is 58.5 Å². The lowest BCUT2D eigenvalue weighted by atomic mass is 9.99. The van der Waals surface area contributed by atoms with Crippen molar-refractivity contribution in [1.82, 2.24) is 21.1 Å². The van der Waals surface area contributed by atoms with E-state index in [1.54, 1.807) is 20.8 Å². The lowest BCUT2D eigenvalue weighted by molar-refractivity contribution is -0.151. The number of halogens is 3. The summed E-state index contributed by atoms with van der Waals surface area (Å²) in [4.78, 5) is 51.2. The summed E-state index contributed by atoms with van der Waals surface area (Å²) in [7, 11) is 0. The molecule has 1 fully saturated rings. The number of aliphatic hydroxyl groups is 1. The van der Waals surface area contributed by atoms with Crippen molar-refractivity contribution in [2.45, 2.75) is 68.4 Å². The van der Waals surface area contributed by atoms with Crippen molar-refractivity contribution < 1.29 is 29.0 Å². The predicted molar refractivity (Wildman–Crippen MR) is 174 cm³/mol. The Morgan fingerprint density at radius 1 is 1.09 bits per heavy atom. The van der Waals surface area contributed by atoms with E-state index in [2.05, 4.69) is 22.6 Å². The van der Waals surface area contributed by atoms with Gasteiger partial charge in [0, 0.05) is 13.0 Å². The highest BCUT2D eigenvalue weighted by Crippen LogP contribution is 2.26. The minimum atomic E-state index is -1.76. The van der Waals surface area contributed by atoms with Gasteiger partial charge in [-0.2, -0.15) is 0 Å². The molecule has 0 aliphatic carbocycles. The average Bonchev–Trinajstić information content (AvgIpc) is 3.00. The van der Waals surface area contributed by atoms with Crippen molar-refractivity contribution in [2.24, 2.45) is 5.92 Å². The number of hydrogen-bond donors (Lipinski definition) is 4. The third-order valence-electron chi connectivity index (χ3n) is 7.19. The molecule has 0 spiro atoms. The molecule has 2 aromatic carbocycles. The van der Waals surface area contributed by atoms with Crippen LogP contribution in [0.4, 0.5) is 0 Å². The fourth-order valence-electron chi connectivity index (χ4n) is 4.68. The highest BCUT2D eigenvalue weighted by atomic mass is 35.6. The number of alkyl halides is 3. The molecule has 1 aliphatic heterocycles. The van der Waals surface area contributed by atoms with E-state index in [0.717, 1.165) is 22.3 Å². The molecule has 1 aliphatic rings. The van der Waals surface area contributed by atoms with E-state index < -0.39 is 46.4 Å². The Morgan fingerprint density at radius 3 is 2.40 bits per heavy atom. The van der Waals surface area contributed by atoms with Crippen molar-refractivity contribution in [2.75, 3.05) is 13.2 Å². The van der Waals surface area contributed by atoms with Crippen molar-refractivity contribution in [3.8, 4) is 11.1 Å². The van der Waals surface area contributed by atoms with Gasteiger partial charge in [0.25, 0.3) is 5.91 Å². The molecule has 0 radical (unpaired) electrons. The van der Waals surface area contributed by atoms with Crippen LogP contribution in [0, 0.1) is 5.92 Å². The van der Waals surface area contributed by atoms with E-state index in [1.165, 1.54) is 5.01 Å². The first-order valence-electron chi connectivity index (χ1n) is 14.6. The lowest BCUT2D eigenvalue weighted by Crippen LogP contribution is -2.57. The van der Waals surface area contributed by atoms with Gasteiger partial charge in [0.05, 0.1) is 6.10 Å². The van der Waals surface area contributed by atoms with Gasteiger partial charge < -0.3 is 20.5 Å². The molecule has 3 amide bonds. The SMILES string of the molecule is C=C(NC(=O)[C@@H](NC(=O)CCc1ccc(-c2cccc([C@@H](C)O)c2)cc1)C(C)C)C(=O)N1CCC[C@@H](C(=O)OCC(Cl)(Cl)Cl)N1. The van der Waals surface area contributed by atoms with E-state index >= 15 is 0 Å². The van der Waals surface area contributed by atoms with Gasteiger partial charge in [0.2, 0.25) is 15.6 Å². The summed E-state index contributed by atoms with van der Waals surface area (Å²) in [6.07, 6.45) is 0.934. The molecule has 3 rings (SSSR count). The van der Waals surface area contributed by atoms with Crippen LogP contribution in [0.15, 0.2) is 60.8 Å². The fourth-order valence-corrected chi connectivity index (χ4v) is 4.84. The number of hydrazine groups is 1. The second-order valence-electron chi connectivity index (χ2n) is 11.3. The molecule has 10 nitrogen and oxygen atoms in total. The molecule has 45 heavy (non-hydrogen) atoms. The molecule has 4 N–H and O–H groups in total. The standard InChI is InChI=1S/C32H39Cl3N4O6/c1-19(2)28(29(42)36-20(3)30(43)39-16-6-9-26(38-39)31(44)45-18-32(33,34)35)37-27(41)15-12-22-10-13-23(14-11-22)25-8-5-7-24(17-25)21(4)40/h5,7-8,10-11,13-14,17,19,21,26,28,38,40H,3,6,9,12,15-16,18H2,1-2,4H3,(H,36,42)(H,37,41)/t21-,26+,28+/m1/s1. The van der Waals surface area contributed by atoms with E-state index in [-0.39, 0.29) is 30.5 Å². The molecule has 3 atom stereocenters. The van der Waals surface area contributed by atoms with Gasteiger partial charge in [-0.3, -0.25) is 24.2 Å². The number of carbonyl (C=O) groups is 4. The number of aliphatic hydroxyl groups excluding tert-OH is 1. The van der Waals surface area contributed by atoms with Gasteiger partial charge in [0.1, 0.15) is 24.4 Å². The number of aryl methyl sites for hydroxylation is 1. The van der Waals surface area contributed by atoms with E-state index in [0.29, 0.717) is 19.3 Å². The van der Waals surface area contributed by atoms with Crippen LogP contribution in [0.5, 0.6) is 0 Å². The number of esters is 1. The zero-order valence-corrected chi connectivity index (χ0v) is 27.7. The Labute approximate surface area is 278 Å². The number of carbonyl (C=O) groups excluding carboxylic acids is 4. The molecule has 0 aromatic heterocycles. The largest absolute Gasteiger partial charge is 0.460 e. The maximum atomic E-state index is 13.1. The number of rotatable bonds is 12. The minimum absolute atomic E-state index is 0.153. The zero-order chi connectivity index (χ0) is 33.3. The van der Waals surface area contributed by atoms with Gasteiger partial charge in [-0.05, 0) is 60.4 Å². The molecule has 1 saturated heterocycles. The molecule has 0 bridgehead atoms. The molecular formula is C32H39Cl3N4O6. The molecule has 0 unspecified atom stereocenters.